The normalized spacial score (nSPS) is 13.7. The summed E-state index contributed by atoms with van der Waals surface area (Å²) in [4.78, 5) is 13.8. The summed E-state index contributed by atoms with van der Waals surface area (Å²) in [5.41, 5.74) is 5.42. The number of hydrogen-bond acceptors (Lipinski definition) is 4. The lowest BCUT2D eigenvalue weighted by atomic mass is 9.93. The van der Waals surface area contributed by atoms with E-state index in [4.69, 9.17) is 5.73 Å². The fourth-order valence-electron chi connectivity index (χ4n) is 2.16. The Labute approximate surface area is 137 Å². The molecule has 1 rings (SSSR count). The smallest absolute Gasteiger partial charge is 0.223 e. The van der Waals surface area contributed by atoms with E-state index in [1.165, 1.54) is 24.0 Å². The molecule has 5 nitrogen and oxygen atoms in total. The van der Waals surface area contributed by atoms with Gasteiger partial charge in [-0.25, -0.2) is 12.8 Å². The Morgan fingerprint density at radius 3 is 2.30 bits per heavy atom. The molecule has 0 spiro atoms. The number of nitrogens with zero attached hydrogens (tertiary/aromatic N) is 1. The number of amides is 1. The highest BCUT2D eigenvalue weighted by atomic mass is 32.2. The first-order valence-corrected chi connectivity index (χ1v) is 8.98. The van der Waals surface area contributed by atoms with E-state index in [-0.39, 0.29) is 22.6 Å². The second-order valence-corrected chi connectivity index (χ2v) is 9.00. The van der Waals surface area contributed by atoms with Crippen LogP contribution in [0.15, 0.2) is 29.2 Å². The van der Waals surface area contributed by atoms with Gasteiger partial charge in [0.2, 0.25) is 5.91 Å². The minimum absolute atomic E-state index is 0.0177. The van der Waals surface area contributed by atoms with Crippen LogP contribution in [0.25, 0.3) is 0 Å². The van der Waals surface area contributed by atoms with Gasteiger partial charge in [0.05, 0.1) is 10.1 Å². The zero-order valence-corrected chi connectivity index (χ0v) is 14.9. The van der Waals surface area contributed by atoms with Crippen molar-refractivity contribution in [3.63, 3.8) is 0 Å². The summed E-state index contributed by atoms with van der Waals surface area (Å²) in [6.45, 7) is 6.24. The first kappa shape index (κ1) is 19.6. The molecule has 0 saturated carbocycles. The summed E-state index contributed by atoms with van der Waals surface area (Å²) in [6.07, 6.45) is -0.128. The number of benzene rings is 1. The first-order valence-electron chi connectivity index (χ1n) is 7.43. The molecule has 0 aromatic heterocycles. The Hall–Kier alpha value is -1.47. The Morgan fingerprint density at radius 2 is 1.83 bits per heavy atom. The fraction of sp³-hybridized carbons (Fsp3) is 0.562. The molecule has 0 bridgehead atoms. The maximum Gasteiger partial charge on any atom is 0.223 e. The summed E-state index contributed by atoms with van der Waals surface area (Å²) in [5, 5.41) is -0.885. The average Bonchev–Trinajstić information content (AvgIpc) is 2.47. The lowest BCUT2D eigenvalue weighted by Crippen LogP contribution is -2.41. The van der Waals surface area contributed by atoms with Gasteiger partial charge in [-0.2, -0.15) is 0 Å². The van der Waals surface area contributed by atoms with Crippen LogP contribution in [-0.2, 0) is 14.6 Å². The number of hydrogen-bond donors (Lipinski definition) is 1. The van der Waals surface area contributed by atoms with Crippen molar-refractivity contribution < 1.29 is 17.6 Å². The summed E-state index contributed by atoms with van der Waals surface area (Å²) in [7, 11) is -2.04. The highest BCUT2D eigenvalue weighted by Crippen LogP contribution is 2.20. The molecule has 0 fully saturated rings. The maximum atomic E-state index is 12.9. The summed E-state index contributed by atoms with van der Waals surface area (Å²) < 4.78 is 37.8. The second kappa shape index (κ2) is 7.40. The van der Waals surface area contributed by atoms with Crippen LogP contribution in [0.5, 0.6) is 0 Å². The molecule has 1 aromatic rings. The molecule has 1 aromatic carbocycles. The molecule has 1 unspecified atom stereocenters. The molecule has 0 aliphatic heterocycles. The number of sulfone groups is 1. The quantitative estimate of drug-likeness (QED) is 0.765. The summed E-state index contributed by atoms with van der Waals surface area (Å²) in [5.74, 6) is -0.763. The van der Waals surface area contributed by atoms with Crippen molar-refractivity contribution in [1.29, 1.82) is 0 Å². The van der Waals surface area contributed by atoms with Gasteiger partial charge in [-0.1, -0.05) is 13.8 Å². The molecule has 0 aliphatic carbocycles. The van der Waals surface area contributed by atoms with Gasteiger partial charge >= 0.3 is 0 Å². The molecule has 0 heterocycles. The van der Waals surface area contributed by atoms with Gasteiger partial charge in [-0.05, 0) is 43.1 Å². The monoisotopic (exact) mass is 344 g/mol. The fourth-order valence-corrected chi connectivity index (χ4v) is 3.50. The van der Waals surface area contributed by atoms with Crippen LogP contribution >= 0.6 is 0 Å². The van der Waals surface area contributed by atoms with Gasteiger partial charge in [0.15, 0.2) is 9.84 Å². The lowest BCUT2D eigenvalue weighted by molar-refractivity contribution is -0.131. The van der Waals surface area contributed by atoms with E-state index in [2.05, 4.69) is 0 Å². The van der Waals surface area contributed by atoms with Crippen LogP contribution in [0.1, 0.15) is 27.2 Å². The standard InChI is InChI=1S/C16H25FN2O3S/c1-12(9-15(20)19(4)11-16(2,3)10-18)23(21,22)14-7-5-13(17)6-8-14/h5-8,12H,9-11,18H2,1-4H3. The third-order valence-corrected chi connectivity index (χ3v) is 5.93. The van der Waals surface area contributed by atoms with Crippen molar-refractivity contribution in [2.24, 2.45) is 11.1 Å². The van der Waals surface area contributed by atoms with Gasteiger partial charge in [0.1, 0.15) is 5.82 Å². The first-order chi connectivity index (χ1) is 10.5. The molecule has 0 radical (unpaired) electrons. The highest BCUT2D eigenvalue weighted by Gasteiger charge is 2.28. The maximum absolute atomic E-state index is 12.9. The Bertz CT molecular complexity index is 642. The Balaban J connectivity index is 2.79. The van der Waals surface area contributed by atoms with E-state index in [9.17, 15) is 17.6 Å². The Morgan fingerprint density at radius 1 is 1.30 bits per heavy atom. The van der Waals surface area contributed by atoms with Gasteiger partial charge < -0.3 is 10.6 Å². The zero-order valence-electron chi connectivity index (χ0n) is 14.0. The van der Waals surface area contributed by atoms with Crippen LogP contribution in [0, 0.1) is 11.2 Å². The molecule has 2 N–H and O–H groups in total. The van der Waals surface area contributed by atoms with Gasteiger partial charge in [-0.15, -0.1) is 0 Å². The van der Waals surface area contributed by atoms with E-state index < -0.39 is 20.9 Å². The molecule has 1 atom stereocenters. The summed E-state index contributed by atoms with van der Waals surface area (Å²) >= 11 is 0. The Kier molecular flexibility index (Phi) is 6.30. The number of nitrogens with two attached hydrogens (primary N) is 1. The van der Waals surface area contributed by atoms with E-state index in [1.807, 2.05) is 13.8 Å². The second-order valence-electron chi connectivity index (χ2n) is 6.63. The predicted octanol–water partition coefficient (Wildman–Crippen LogP) is 1.82. The molecular formula is C16H25FN2O3S. The van der Waals surface area contributed by atoms with Crippen LogP contribution in [0.2, 0.25) is 0 Å². The molecule has 0 saturated heterocycles. The topological polar surface area (TPSA) is 80.5 Å². The lowest BCUT2D eigenvalue weighted by Gasteiger charge is -2.29. The number of rotatable bonds is 7. The van der Waals surface area contributed by atoms with Crippen LogP contribution in [0.4, 0.5) is 4.39 Å². The van der Waals surface area contributed by atoms with E-state index >= 15 is 0 Å². The third-order valence-electron chi connectivity index (χ3n) is 3.78. The van der Waals surface area contributed by atoms with Crippen molar-refractivity contribution in [3.05, 3.63) is 30.1 Å². The SMILES string of the molecule is CC(CC(=O)N(C)CC(C)(C)CN)S(=O)(=O)c1ccc(F)cc1. The molecule has 23 heavy (non-hydrogen) atoms. The predicted molar refractivity (Wildman–Crippen MR) is 88.1 cm³/mol. The number of carbonyl (C=O) groups excluding carboxylic acids is 1. The number of halogens is 1. The van der Waals surface area contributed by atoms with Gasteiger partial charge in [-0.3, -0.25) is 4.79 Å². The van der Waals surface area contributed by atoms with E-state index in [0.717, 1.165) is 12.1 Å². The molecule has 0 aliphatic rings. The highest BCUT2D eigenvalue weighted by molar-refractivity contribution is 7.92. The minimum Gasteiger partial charge on any atom is -0.345 e. The van der Waals surface area contributed by atoms with Crippen molar-refractivity contribution >= 4 is 15.7 Å². The van der Waals surface area contributed by atoms with Crippen molar-refractivity contribution in [2.45, 2.75) is 37.3 Å². The molecule has 130 valence electrons. The van der Waals surface area contributed by atoms with Crippen molar-refractivity contribution in [3.8, 4) is 0 Å². The molecule has 1 amide bonds. The van der Waals surface area contributed by atoms with Gasteiger partial charge in [0, 0.05) is 20.0 Å². The number of carbonyl (C=O) groups is 1. The third kappa shape index (κ3) is 5.28. The van der Waals surface area contributed by atoms with Crippen LogP contribution in [0.3, 0.4) is 0 Å². The van der Waals surface area contributed by atoms with Crippen LogP contribution < -0.4 is 5.73 Å². The average molecular weight is 344 g/mol. The van der Waals surface area contributed by atoms with Crippen molar-refractivity contribution in [1.82, 2.24) is 4.90 Å². The van der Waals surface area contributed by atoms with E-state index in [1.54, 1.807) is 7.05 Å². The van der Waals surface area contributed by atoms with Crippen LogP contribution in [-0.4, -0.2) is 44.6 Å². The summed E-state index contributed by atoms with van der Waals surface area (Å²) in [6, 6.07) is 4.62. The largest absolute Gasteiger partial charge is 0.345 e. The van der Waals surface area contributed by atoms with E-state index in [0.29, 0.717) is 13.1 Å². The molecule has 7 heteroatoms. The van der Waals surface area contributed by atoms with Gasteiger partial charge in [0.25, 0.3) is 0 Å². The zero-order chi connectivity index (χ0) is 17.8. The molecular weight excluding hydrogens is 319 g/mol. The minimum atomic E-state index is -3.67. The van der Waals surface area contributed by atoms with Crippen molar-refractivity contribution in [2.75, 3.05) is 20.1 Å².